The van der Waals surface area contributed by atoms with Gasteiger partial charge in [0.05, 0.1) is 24.2 Å². The maximum Gasteiger partial charge on any atom is 0.418 e. The summed E-state index contributed by atoms with van der Waals surface area (Å²) in [6.45, 7) is 25.1. The van der Waals surface area contributed by atoms with E-state index in [1.807, 2.05) is 88.4 Å². The van der Waals surface area contributed by atoms with E-state index in [1.165, 1.54) is 10.5 Å². The van der Waals surface area contributed by atoms with Crippen molar-refractivity contribution in [2.24, 2.45) is 23.7 Å². The molecule has 1 aliphatic rings. The van der Waals surface area contributed by atoms with Crippen LogP contribution >= 0.6 is 0 Å². The Kier molecular flexibility index (Phi) is 11.7. The van der Waals surface area contributed by atoms with Crippen molar-refractivity contribution in [1.82, 2.24) is 4.90 Å². The molecule has 0 aliphatic carbocycles. The van der Waals surface area contributed by atoms with E-state index in [1.54, 1.807) is 6.92 Å². The SMILES string of the molecule is C/C=C(\C)C[C@H](C)[C@@H](O[Si](C)(C)C(C)(C)C)[C@H](C)[C@@H](O)[C@H](C)C(=O)N1C(=O)OC(c2ccccc2)(c2ccccc2)[C@@H]1C(C)C. The number of cyclic esters (lactones) is 1. The highest BCUT2D eigenvalue weighted by Gasteiger charge is 2.60. The Labute approximate surface area is 273 Å². The van der Waals surface area contributed by atoms with Crippen molar-refractivity contribution in [1.29, 1.82) is 0 Å². The van der Waals surface area contributed by atoms with Crippen molar-refractivity contribution >= 4 is 20.3 Å². The number of aliphatic hydroxyl groups is 1. The van der Waals surface area contributed by atoms with Crippen LogP contribution in [-0.4, -0.2) is 48.6 Å². The number of imide groups is 1. The smallest absolute Gasteiger partial charge is 0.418 e. The van der Waals surface area contributed by atoms with Gasteiger partial charge in [-0.15, -0.1) is 0 Å². The van der Waals surface area contributed by atoms with Gasteiger partial charge in [-0.3, -0.25) is 4.79 Å². The van der Waals surface area contributed by atoms with Crippen molar-refractivity contribution in [2.75, 3.05) is 0 Å². The molecular weight excluding hydrogens is 579 g/mol. The average Bonchev–Trinajstić information content (AvgIpc) is 3.32. The molecule has 0 spiro atoms. The van der Waals surface area contributed by atoms with Gasteiger partial charge in [0.15, 0.2) is 13.9 Å². The number of carbonyl (C=O) groups is 2. The molecule has 0 aromatic heterocycles. The number of ether oxygens (including phenoxy) is 1. The Morgan fingerprint density at radius 2 is 1.49 bits per heavy atom. The zero-order valence-corrected chi connectivity index (χ0v) is 30.6. The molecule has 2 amide bonds. The van der Waals surface area contributed by atoms with Crippen molar-refractivity contribution in [3.63, 3.8) is 0 Å². The summed E-state index contributed by atoms with van der Waals surface area (Å²) in [7, 11) is -2.22. The van der Waals surface area contributed by atoms with Crippen LogP contribution in [0.25, 0.3) is 0 Å². The zero-order valence-electron chi connectivity index (χ0n) is 29.6. The summed E-state index contributed by atoms with van der Waals surface area (Å²) in [5.41, 5.74) is 1.67. The van der Waals surface area contributed by atoms with Gasteiger partial charge in [0, 0.05) is 17.0 Å². The molecular formula is C38H57NO5Si. The number of nitrogens with zero attached hydrogens (tertiary/aromatic N) is 1. The summed E-state index contributed by atoms with van der Waals surface area (Å²) < 4.78 is 13.3. The Bertz CT molecular complexity index is 1280. The molecule has 1 aliphatic heterocycles. The highest BCUT2D eigenvalue weighted by atomic mass is 28.4. The molecule has 2 aromatic rings. The number of aliphatic hydroxyl groups excluding tert-OH is 1. The second kappa shape index (κ2) is 14.4. The van der Waals surface area contributed by atoms with E-state index in [-0.39, 0.29) is 28.9 Å². The Balaban J connectivity index is 2.03. The molecule has 3 rings (SSSR count). The molecule has 2 aromatic carbocycles. The third kappa shape index (κ3) is 7.47. The van der Waals surface area contributed by atoms with E-state index in [2.05, 4.69) is 53.8 Å². The largest absolute Gasteiger partial charge is 0.430 e. The molecule has 1 N–H and O–H groups in total. The van der Waals surface area contributed by atoms with Gasteiger partial charge in [0.25, 0.3) is 0 Å². The Hall–Kier alpha value is -2.74. The Morgan fingerprint density at radius 1 is 1.00 bits per heavy atom. The van der Waals surface area contributed by atoms with Gasteiger partial charge < -0.3 is 14.3 Å². The van der Waals surface area contributed by atoms with Crippen LogP contribution in [0, 0.1) is 23.7 Å². The lowest BCUT2D eigenvalue weighted by molar-refractivity contribution is -0.140. The molecule has 7 heteroatoms. The lowest BCUT2D eigenvalue weighted by Crippen LogP contribution is -2.54. The van der Waals surface area contributed by atoms with E-state index < -0.39 is 44.0 Å². The molecule has 0 unspecified atom stereocenters. The molecule has 1 saturated heterocycles. The van der Waals surface area contributed by atoms with E-state index in [0.29, 0.717) is 0 Å². The summed E-state index contributed by atoms with van der Waals surface area (Å²) in [4.78, 5) is 29.6. The first-order valence-electron chi connectivity index (χ1n) is 16.5. The van der Waals surface area contributed by atoms with Gasteiger partial charge in [-0.1, -0.05) is 128 Å². The number of allylic oxidation sites excluding steroid dienone is 2. The van der Waals surface area contributed by atoms with E-state index in [4.69, 9.17) is 9.16 Å². The summed E-state index contributed by atoms with van der Waals surface area (Å²) >= 11 is 0. The van der Waals surface area contributed by atoms with Crippen LogP contribution in [0.2, 0.25) is 18.1 Å². The van der Waals surface area contributed by atoms with Crippen LogP contribution in [0.5, 0.6) is 0 Å². The van der Waals surface area contributed by atoms with Gasteiger partial charge in [-0.2, -0.15) is 0 Å². The molecule has 1 fully saturated rings. The van der Waals surface area contributed by atoms with E-state index in [0.717, 1.165) is 17.5 Å². The minimum atomic E-state index is -2.22. The number of amides is 2. The zero-order chi connectivity index (χ0) is 33.9. The summed E-state index contributed by atoms with van der Waals surface area (Å²) in [5.74, 6) is -1.68. The number of benzene rings is 2. The quantitative estimate of drug-likeness (QED) is 0.186. The van der Waals surface area contributed by atoms with Crippen LogP contribution < -0.4 is 0 Å². The van der Waals surface area contributed by atoms with Gasteiger partial charge >= 0.3 is 6.09 Å². The number of hydrogen-bond donors (Lipinski definition) is 1. The van der Waals surface area contributed by atoms with Crippen LogP contribution in [0.15, 0.2) is 72.3 Å². The minimum absolute atomic E-state index is 0.0191. The minimum Gasteiger partial charge on any atom is -0.430 e. The van der Waals surface area contributed by atoms with Gasteiger partial charge in [0.1, 0.15) is 0 Å². The normalized spacial score (nSPS) is 20.8. The predicted molar refractivity (Wildman–Crippen MR) is 185 cm³/mol. The second-order valence-corrected chi connectivity index (χ2v) is 19.8. The summed E-state index contributed by atoms with van der Waals surface area (Å²) in [6, 6.07) is 18.7. The summed E-state index contributed by atoms with van der Waals surface area (Å²) in [5, 5.41) is 11.9. The first-order chi connectivity index (χ1) is 20.9. The maximum atomic E-state index is 14.5. The van der Waals surface area contributed by atoms with Crippen LogP contribution in [-0.2, 0) is 19.6 Å². The lowest BCUT2D eigenvalue weighted by Gasteiger charge is -2.44. The fraction of sp³-hybridized carbons (Fsp3) is 0.579. The highest BCUT2D eigenvalue weighted by molar-refractivity contribution is 6.74. The second-order valence-electron chi connectivity index (χ2n) is 15.0. The lowest BCUT2D eigenvalue weighted by atomic mass is 9.75. The van der Waals surface area contributed by atoms with E-state index in [9.17, 15) is 14.7 Å². The fourth-order valence-electron chi connectivity index (χ4n) is 6.55. The third-order valence-electron chi connectivity index (χ3n) is 10.3. The molecule has 0 saturated carbocycles. The van der Waals surface area contributed by atoms with Crippen molar-refractivity contribution < 1.29 is 23.9 Å². The van der Waals surface area contributed by atoms with Gasteiger partial charge in [-0.25, -0.2) is 9.69 Å². The van der Waals surface area contributed by atoms with Crippen LogP contribution in [0.3, 0.4) is 0 Å². The van der Waals surface area contributed by atoms with Crippen molar-refractivity contribution in [2.45, 2.75) is 118 Å². The van der Waals surface area contributed by atoms with E-state index >= 15 is 0 Å². The topological polar surface area (TPSA) is 76.1 Å². The standard InChI is InChI=1S/C38H57NO5Si/c1-13-26(4)24-27(5)33(44-45(11,12)37(8,9)10)28(6)32(40)29(7)35(41)39-34(25(2)3)38(43-36(39)42,30-20-16-14-17-21-30)31-22-18-15-19-23-31/h13-23,25,27-29,32-34,40H,24H2,1-12H3/b26-13+/t27-,28+,29-,32+,33+,34-/m0/s1. The molecule has 6 nitrogen and oxygen atoms in total. The first kappa shape index (κ1) is 36.7. The van der Waals surface area contributed by atoms with Gasteiger partial charge in [-0.05, 0) is 50.2 Å². The fourth-order valence-corrected chi connectivity index (χ4v) is 8.03. The average molecular weight is 636 g/mol. The third-order valence-corrected chi connectivity index (χ3v) is 14.8. The number of hydrogen-bond acceptors (Lipinski definition) is 5. The monoisotopic (exact) mass is 635 g/mol. The molecule has 0 bridgehead atoms. The van der Waals surface area contributed by atoms with Gasteiger partial charge in [0.2, 0.25) is 5.91 Å². The molecule has 6 atom stereocenters. The number of carbonyl (C=O) groups excluding carboxylic acids is 2. The van der Waals surface area contributed by atoms with Crippen molar-refractivity contribution in [3.8, 4) is 0 Å². The molecule has 45 heavy (non-hydrogen) atoms. The van der Waals surface area contributed by atoms with Crippen LogP contribution in [0.1, 0.15) is 86.8 Å². The number of rotatable bonds is 12. The molecule has 248 valence electrons. The molecule has 0 radical (unpaired) electrons. The van der Waals surface area contributed by atoms with Crippen LogP contribution in [0.4, 0.5) is 4.79 Å². The first-order valence-corrected chi connectivity index (χ1v) is 19.5. The predicted octanol–water partition coefficient (Wildman–Crippen LogP) is 8.95. The van der Waals surface area contributed by atoms with Crippen molar-refractivity contribution in [3.05, 3.63) is 83.4 Å². The highest BCUT2D eigenvalue weighted by Crippen LogP contribution is 2.48. The Morgan fingerprint density at radius 3 is 1.91 bits per heavy atom. The molecule has 1 heterocycles. The summed E-state index contributed by atoms with van der Waals surface area (Å²) in [6.07, 6.45) is 0.947. The maximum absolute atomic E-state index is 14.5.